The van der Waals surface area contributed by atoms with Gasteiger partial charge in [0.1, 0.15) is 12.1 Å². The van der Waals surface area contributed by atoms with E-state index in [9.17, 15) is 5.11 Å². The first kappa shape index (κ1) is 12.7. The molecule has 2 aromatic rings. The van der Waals surface area contributed by atoms with Crippen LogP contribution in [0.15, 0.2) is 24.7 Å². The lowest BCUT2D eigenvalue weighted by Crippen LogP contribution is -2.26. The number of hydrogen-bond acceptors (Lipinski definition) is 5. The van der Waals surface area contributed by atoms with Gasteiger partial charge in [-0.2, -0.15) is 0 Å². The Hall–Kier alpha value is -1.75. The normalized spacial score (nSPS) is 14.4. The number of hydrogen-bond donors (Lipinski definition) is 2. The molecule has 2 heterocycles. The van der Waals surface area contributed by atoms with Crippen LogP contribution in [-0.2, 0) is 0 Å². The third-order valence-electron chi connectivity index (χ3n) is 3.19. The van der Waals surface area contributed by atoms with Gasteiger partial charge in [-0.05, 0) is 18.1 Å². The number of nitrogens with one attached hydrogen (secondary N) is 1. The fraction of sp³-hybridized carbons (Fsp3) is 0.462. The first-order valence-electron chi connectivity index (χ1n) is 6.20. The summed E-state index contributed by atoms with van der Waals surface area (Å²) in [5, 5.41) is 14.0. The van der Waals surface area contributed by atoms with Crippen molar-refractivity contribution < 1.29 is 5.11 Å². The first-order chi connectivity index (χ1) is 8.72. The number of pyridine rings is 1. The Morgan fingerprint density at radius 3 is 2.94 bits per heavy atom. The molecule has 0 spiro atoms. The van der Waals surface area contributed by atoms with Crippen LogP contribution in [0.3, 0.4) is 0 Å². The molecule has 0 bridgehead atoms. The van der Waals surface area contributed by atoms with Crippen molar-refractivity contribution in [1.82, 2.24) is 15.0 Å². The summed E-state index contributed by atoms with van der Waals surface area (Å²) in [6.45, 7) is 4.58. The largest absolute Gasteiger partial charge is 0.391 e. The molecule has 0 aromatic carbocycles. The Kier molecular flexibility index (Phi) is 4.04. The first-order valence-corrected chi connectivity index (χ1v) is 6.20. The summed E-state index contributed by atoms with van der Waals surface area (Å²) in [5.41, 5.74) is 0.660. The summed E-state index contributed by atoms with van der Waals surface area (Å²) in [5.74, 6) is 0.985. The van der Waals surface area contributed by atoms with Gasteiger partial charge in [-0.25, -0.2) is 15.0 Å². The van der Waals surface area contributed by atoms with E-state index in [1.807, 2.05) is 19.1 Å². The molecule has 0 saturated carbocycles. The Bertz CT molecular complexity index is 512. The number of aliphatic hydroxyl groups excluding tert-OH is 1. The monoisotopic (exact) mass is 246 g/mol. The molecule has 0 amide bonds. The topological polar surface area (TPSA) is 70.9 Å². The zero-order valence-electron chi connectivity index (χ0n) is 10.7. The molecule has 2 N–H and O–H groups in total. The number of fused-ring (bicyclic) bond motifs is 1. The zero-order valence-corrected chi connectivity index (χ0v) is 10.7. The van der Waals surface area contributed by atoms with E-state index in [1.165, 1.54) is 6.33 Å². The average Bonchev–Trinajstić information content (AvgIpc) is 2.43. The number of rotatable bonds is 5. The van der Waals surface area contributed by atoms with Crippen LogP contribution < -0.4 is 5.32 Å². The molecule has 0 aliphatic rings. The fourth-order valence-corrected chi connectivity index (χ4v) is 1.71. The average molecular weight is 246 g/mol. The van der Waals surface area contributed by atoms with Crippen molar-refractivity contribution in [2.24, 2.45) is 5.92 Å². The minimum atomic E-state index is -0.378. The van der Waals surface area contributed by atoms with E-state index in [-0.39, 0.29) is 12.0 Å². The highest BCUT2D eigenvalue weighted by Gasteiger charge is 2.12. The van der Waals surface area contributed by atoms with Crippen molar-refractivity contribution in [2.45, 2.75) is 26.4 Å². The van der Waals surface area contributed by atoms with Crippen LogP contribution in [0.25, 0.3) is 11.0 Å². The molecule has 0 aliphatic carbocycles. The van der Waals surface area contributed by atoms with E-state index in [4.69, 9.17) is 0 Å². The van der Waals surface area contributed by atoms with Gasteiger partial charge in [0.2, 0.25) is 0 Å². The summed E-state index contributed by atoms with van der Waals surface area (Å²) in [4.78, 5) is 12.5. The van der Waals surface area contributed by atoms with Crippen LogP contribution in [0, 0.1) is 5.92 Å². The van der Waals surface area contributed by atoms with Gasteiger partial charge in [-0.3, -0.25) is 0 Å². The quantitative estimate of drug-likeness (QED) is 0.842. The maximum Gasteiger partial charge on any atom is 0.164 e. The fourth-order valence-electron chi connectivity index (χ4n) is 1.71. The van der Waals surface area contributed by atoms with E-state index in [2.05, 4.69) is 27.2 Å². The summed E-state index contributed by atoms with van der Waals surface area (Å²) in [6.07, 6.45) is 3.76. The standard InChI is InChI=1S/C13H18N4O/c1-3-9(2)11(18)7-15-13-10-5-4-6-14-12(10)16-8-17-13/h4-6,8-9,11,18H,3,7H2,1-2H3,(H,14,15,16,17). The lowest BCUT2D eigenvalue weighted by Gasteiger charge is -2.18. The summed E-state index contributed by atoms with van der Waals surface area (Å²) in [7, 11) is 0. The maximum atomic E-state index is 9.93. The summed E-state index contributed by atoms with van der Waals surface area (Å²) in [6, 6.07) is 3.77. The van der Waals surface area contributed by atoms with Crippen molar-refractivity contribution in [1.29, 1.82) is 0 Å². The van der Waals surface area contributed by atoms with Crippen LogP contribution >= 0.6 is 0 Å². The lowest BCUT2D eigenvalue weighted by molar-refractivity contribution is 0.126. The second-order valence-electron chi connectivity index (χ2n) is 4.43. The minimum Gasteiger partial charge on any atom is -0.391 e. The third kappa shape index (κ3) is 2.73. The van der Waals surface area contributed by atoms with Crippen molar-refractivity contribution in [3.8, 4) is 0 Å². The zero-order chi connectivity index (χ0) is 13.0. The van der Waals surface area contributed by atoms with E-state index in [0.717, 1.165) is 17.6 Å². The van der Waals surface area contributed by atoms with Gasteiger partial charge in [-0.1, -0.05) is 20.3 Å². The Labute approximate surface area is 106 Å². The molecule has 0 saturated heterocycles. The molecule has 5 nitrogen and oxygen atoms in total. The molecule has 5 heteroatoms. The van der Waals surface area contributed by atoms with E-state index in [1.54, 1.807) is 6.20 Å². The summed E-state index contributed by atoms with van der Waals surface area (Å²) < 4.78 is 0. The maximum absolute atomic E-state index is 9.93. The van der Waals surface area contributed by atoms with E-state index in [0.29, 0.717) is 12.2 Å². The molecule has 18 heavy (non-hydrogen) atoms. The van der Waals surface area contributed by atoms with Gasteiger partial charge >= 0.3 is 0 Å². The molecule has 0 aliphatic heterocycles. The van der Waals surface area contributed by atoms with Crippen molar-refractivity contribution in [3.05, 3.63) is 24.7 Å². The van der Waals surface area contributed by atoms with Crippen molar-refractivity contribution >= 4 is 16.9 Å². The van der Waals surface area contributed by atoms with Gasteiger partial charge in [0.05, 0.1) is 11.5 Å². The Morgan fingerprint density at radius 2 is 2.17 bits per heavy atom. The molecular weight excluding hydrogens is 228 g/mol. The van der Waals surface area contributed by atoms with Gasteiger partial charge < -0.3 is 10.4 Å². The second kappa shape index (κ2) is 5.73. The van der Waals surface area contributed by atoms with Crippen LogP contribution in [-0.4, -0.2) is 32.7 Å². The molecular formula is C13H18N4O. The van der Waals surface area contributed by atoms with Gasteiger partial charge in [-0.15, -0.1) is 0 Å². The predicted octanol–water partition coefficient (Wildman–Crippen LogP) is 1.84. The molecule has 2 unspecified atom stereocenters. The molecule has 96 valence electrons. The lowest BCUT2D eigenvalue weighted by atomic mass is 10.0. The number of aromatic nitrogens is 3. The van der Waals surface area contributed by atoms with Crippen LogP contribution in [0.1, 0.15) is 20.3 Å². The highest BCUT2D eigenvalue weighted by molar-refractivity contribution is 5.85. The van der Waals surface area contributed by atoms with Crippen LogP contribution in [0.4, 0.5) is 5.82 Å². The predicted molar refractivity (Wildman–Crippen MR) is 71.3 cm³/mol. The van der Waals surface area contributed by atoms with E-state index < -0.39 is 0 Å². The molecule has 2 atom stereocenters. The molecule has 2 rings (SSSR count). The Morgan fingerprint density at radius 1 is 1.33 bits per heavy atom. The van der Waals surface area contributed by atoms with Crippen molar-refractivity contribution in [2.75, 3.05) is 11.9 Å². The molecule has 2 aromatic heterocycles. The Balaban J connectivity index is 2.12. The van der Waals surface area contributed by atoms with Gasteiger partial charge in [0.25, 0.3) is 0 Å². The highest BCUT2D eigenvalue weighted by atomic mass is 16.3. The van der Waals surface area contributed by atoms with Crippen molar-refractivity contribution in [3.63, 3.8) is 0 Å². The SMILES string of the molecule is CCC(C)C(O)CNc1ncnc2ncccc12. The van der Waals surface area contributed by atoms with Gasteiger partial charge in [0.15, 0.2) is 5.65 Å². The number of anilines is 1. The van der Waals surface area contributed by atoms with Crippen LogP contribution in [0.2, 0.25) is 0 Å². The smallest absolute Gasteiger partial charge is 0.164 e. The van der Waals surface area contributed by atoms with Gasteiger partial charge in [0, 0.05) is 12.7 Å². The summed E-state index contributed by atoms with van der Waals surface area (Å²) >= 11 is 0. The highest BCUT2D eigenvalue weighted by Crippen LogP contribution is 2.17. The van der Waals surface area contributed by atoms with E-state index >= 15 is 0 Å². The second-order valence-corrected chi connectivity index (χ2v) is 4.43. The molecule has 0 fully saturated rings. The minimum absolute atomic E-state index is 0.267. The number of aliphatic hydroxyl groups is 1. The number of nitrogens with zero attached hydrogens (tertiary/aromatic N) is 3. The molecule has 0 radical (unpaired) electrons. The van der Waals surface area contributed by atoms with Crippen LogP contribution in [0.5, 0.6) is 0 Å². The third-order valence-corrected chi connectivity index (χ3v) is 3.19.